The number of hydrogen-bond acceptors (Lipinski definition) is 6. The van der Waals surface area contributed by atoms with Crippen LogP contribution in [0.2, 0.25) is 0 Å². The maximum Gasteiger partial charge on any atom is 0.294 e. The molecule has 3 N–H and O–H groups in total. The van der Waals surface area contributed by atoms with Gasteiger partial charge in [-0.05, 0) is 42.5 Å². The number of benzene rings is 2. The van der Waals surface area contributed by atoms with E-state index in [0.29, 0.717) is 15.6 Å². The lowest BCUT2D eigenvalue weighted by Crippen LogP contribution is -2.09. The largest absolute Gasteiger partial charge is 0.399 e. The van der Waals surface area contributed by atoms with Gasteiger partial charge in [0.2, 0.25) is 0 Å². The summed E-state index contributed by atoms with van der Waals surface area (Å²) < 4.78 is 1.27. The van der Waals surface area contributed by atoms with Crippen molar-refractivity contribution in [3.8, 4) is 0 Å². The van der Waals surface area contributed by atoms with Crippen molar-refractivity contribution in [2.45, 2.75) is 9.10 Å². The lowest BCUT2D eigenvalue weighted by molar-refractivity contribution is -0.387. The van der Waals surface area contributed by atoms with Gasteiger partial charge in [0.15, 0.2) is 0 Å². The van der Waals surface area contributed by atoms with Gasteiger partial charge in [0, 0.05) is 26.8 Å². The average molecular weight is 450 g/mol. The summed E-state index contributed by atoms with van der Waals surface area (Å²) in [5, 5.41) is 14.1. The summed E-state index contributed by atoms with van der Waals surface area (Å²) in [4.78, 5) is 24.4. The van der Waals surface area contributed by atoms with E-state index in [1.54, 1.807) is 42.5 Å². The molecule has 1 heterocycles. The van der Waals surface area contributed by atoms with E-state index in [-0.39, 0.29) is 16.5 Å². The summed E-state index contributed by atoms with van der Waals surface area (Å²) in [7, 11) is 0. The molecule has 6 nitrogen and oxygen atoms in total. The van der Waals surface area contributed by atoms with Crippen LogP contribution in [0.4, 0.5) is 17.1 Å². The molecule has 0 fully saturated rings. The minimum absolute atomic E-state index is 0.0868. The van der Waals surface area contributed by atoms with Gasteiger partial charge in [0.05, 0.1) is 4.92 Å². The third kappa shape index (κ3) is 4.43. The summed E-state index contributed by atoms with van der Waals surface area (Å²) in [5.74, 6) is -0.389. The molecule has 1 amide bonds. The van der Waals surface area contributed by atoms with E-state index in [9.17, 15) is 14.9 Å². The van der Waals surface area contributed by atoms with Gasteiger partial charge in [-0.1, -0.05) is 33.8 Å². The smallest absolute Gasteiger partial charge is 0.294 e. The molecule has 9 heteroatoms. The minimum Gasteiger partial charge on any atom is -0.399 e. The van der Waals surface area contributed by atoms with Crippen molar-refractivity contribution in [1.29, 1.82) is 0 Å². The van der Waals surface area contributed by atoms with Crippen molar-refractivity contribution < 1.29 is 9.72 Å². The first kappa shape index (κ1) is 18.4. The molecule has 0 unspecified atom stereocenters. The molecule has 1 aromatic heterocycles. The second-order valence-electron chi connectivity index (χ2n) is 5.18. The molecule has 0 bridgehead atoms. The molecule has 26 heavy (non-hydrogen) atoms. The number of carbonyl (C=O) groups excluding carboxylic acids is 1. The predicted molar refractivity (Wildman–Crippen MR) is 108 cm³/mol. The van der Waals surface area contributed by atoms with Gasteiger partial charge in [-0.3, -0.25) is 14.9 Å². The first-order valence-electron chi connectivity index (χ1n) is 7.31. The number of nitro groups is 1. The first-order chi connectivity index (χ1) is 12.4. The van der Waals surface area contributed by atoms with Gasteiger partial charge in [0.25, 0.3) is 11.6 Å². The number of rotatable bonds is 5. The number of carbonyl (C=O) groups is 1. The Morgan fingerprint density at radius 3 is 2.58 bits per heavy atom. The van der Waals surface area contributed by atoms with Gasteiger partial charge in [-0.15, -0.1) is 11.3 Å². The second kappa shape index (κ2) is 7.90. The molecule has 2 aromatic carbocycles. The highest BCUT2D eigenvalue weighted by atomic mass is 79.9. The molecule has 0 aliphatic carbocycles. The van der Waals surface area contributed by atoms with Gasteiger partial charge in [0.1, 0.15) is 9.09 Å². The lowest BCUT2D eigenvalue weighted by atomic mass is 10.3. The number of nitrogens with one attached hydrogen (secondary N) is 1. The Morgan fingerprint density at radius 1 is 1.19 bits per heavy atom. The summed E-state index contributed by atoms with van der Waals surface area (Å²) in [6.45, 7) is 0. The zero-order valence-corrected chi connectivity index (χ0v) is 16.4. The van der Waals surface area contributed by atoms with Crippen LogP contribution in [0.1, 0.15) is 9.67 Å². The molecule has 0 spiro atoms. The van der Waals surface area contributed by atoms with Gasteiger partial charge in [-0.2, -0.15) is 0 Å². The number of nitrogens with two attached hydrogens (primary N) is 1. The van der Waals surface area contributed by atoms with Crippen LogP contribution >= 0.6 is 39.0 Å². The number of nitrogen functional groups attached to an aromatic ring is 1. The monoisotopic (exact) mass is 449 g/mol. The SMILES string of the molecule is Nc1ccc(Sc2sc(C(=O)Nc3cccc(Br)c3)cc2[N+](=O)[O-])cc1. The van der Waals surface area contributed by atoms with E-state index >= 15 is 0 Å². The van der Waals surface area contributed by atoms with E-state index in [1.165, 1.54) is 17.8 Å². The molecule has 0 atom stereocenters. The summed E-state index contributed by atoms with van der Waals surface area (Å²) in [5.41, 5.74) is 6.79. The van der Waals surface area contributed by atoms with Crippen LogP contribution in [0.15, 0.2) is 68.2 Å². The fourth-order valence-electron chi connectivity index (χ4n) is 2.08. The van der Waals surface area contributed by atoms with Crippen LogP contribution in [0, 0.1) is 10.1 Å². The Labute approximate surface area is 165 Å². The van der Waals surface area contributed by atoms with Crippen molar-refractivity contribution in [3.63, 3.8) is 0 Å². The standard InChI is InChI=1S/C17H12BrN3O3S2/c18-10-2-1-3-12(8-10)20-16(22)15-9-14(21(23)24)17(26-15)25-13-6-4-11(19)5-7-13/h1-9H,19H2,(H,20,22). The minimum atomic E-state index is -0.480. The molecule has 0 aliphatic heterocycles. The molecular weight excluding hydrogens is 438 g/mol. The summed E-state index contributed by atoms with van der Waals surface area (Å²) in [6, 6.07) is 15.4. The highest BCUT2D eigenvalue weighted by Crippen LogP contribution is 2.41. The predicted octanol–water partition coefficient (Wildman–Crippen LogP) is 5.40. The van der Waals surface area contributed by atoms with E-state index in [2.05, 4.69) is 21.2 Å². The van der Waals surface area contributed by atoms with Crippen molar-refractivity contribution >= 4 is 62.0 Å². The molecular formula is C17H12BrN3O3S2. The maximum absolute atomic E-state index is 12.4. The molecule has 0 radical (unpaired) electrons. The lowest BCUT2D eigenvalue weighted by Gasteiger charge is -2.03. The molecule has 0 saturated carbocycles. The van der Waals surface area contributed by atoms with E-state index in [4.69, 9.17) is 5.73 Å². The number of thiophene rings is 1. The Morgan fingerprint density at radius 2 is 1.92 bits per heavy atom. The average Bonchev–Trinajstić information content (AvgIpc) is 3.01. The fraction of sp³-hybridized carbons (Fsp3) is 0. The highest BCUT2D eigenvalue weighted by molar-refractivity contribution is 9.10. The normalized spacial score (nSPS) is 10.5. The fourth-order valence-corrected chi connectivity index (χ4v) is 4.68. The van der Waals surface area contributed by atoms with Gasteiger partial charge in [-0.25, -0.2) is 0 Å². The number of hydrogen-bond donors (Lipinski definition) is 2. The Hall–Kier alpha value is -2.36. The van der Waals surface area contributed by atoms with Gasteiger partial charge < -0.3 is 11.1 Å². The van der Waals surface area contributed by atoms with E-state index in [0.717, 1.165) is 20.7 Å². The maximum atomic E-state index is 12.4. The third-order valence-corrected chi connectivity index (χ3v) is 6.09. The second-order valence-corrected chi connectivity index (χ2v) is 8.49. The van der Waals surface area contributed by atoms with Crippen LogP contribution in [0.5, 0.6) is 0 Å². The van der Waals surface area contributed by atoms with Crippen LogP contribution in [0.3, 0.4) is 0 Å². The Bertz CT molecular complexity index is 974. The summed E-state index contributed by atoms with van der Waals surface area (Å²) in [6.07, 6.45) is 0. The first-order valence-corrected chi connectivity index (χ1v) is 9.73. The third-order valence-electron chi connectivity index (χ3n) is 3.27. The van der Waals surface area contributed by atoms with Crippen LogP contribution < -0.4 is 11.1 Å². The number of nitrogens with zero attached hydrogens (tertiary/aromatic N) is 1. The Kier molecular flexibility index (Phi) is 5.60. The number of amides is 1. The Balaban J connectivity index is 1.85. The van der Waals surface area contributed by atoms with Crippen molar-refractivity contribution in [2.24, 2.45) is 0 Å². The quantitative estimate of drug-likeness (QED) is 0.308. The van der Waals surface area contributed by atoms with Crippen molar-refractivity contribution in [3.05, 3.63) is 74.1 Å². The van der Waals surface area contributed by atoms with Gasteiger partial charge >= 0.3 is 0 Å². The van der Waals surface area contributed by atoms with Crippen LogP contribution in [0.25, 0.3) is 0 Å². The highest BCUT2D eigenvalue weighted by Gasteiger charge is 2.23. The van der Waals surface area contributed by atoms with Crippen LogP contribution in [-0.4, -0.2) is 10.8 Å². The molecule has 3 rings (SSSR count). The van der Waals surface area contributed by atoms with Crippen LogP contribution in [-0.2, 0) is 0 Å². The van der Waals surface area contributed by atoms with E-state index < -0.39 is 4.92 Å². The van der Waals surface area contributed by atoms with E-state index in [1.807, 2.05) is 6.07 Å². The number of anilines is 2. The molecule has 0 saturated heterocycles. The molecule has 132 valence electrons. The zero-order chi connectivity index (χ0) is 18.7. The molecule has 0 aliphatic rings. The molecule has 3 aromatic rings. The topological polar surface area (TPSA) is 98.3 Å². The number of halogens is 1. The van der Waals surface area contributed by atoms with Crippen molar-refractivity contribution in [2.75, 3.05) is 11.1 Å². The zero-order valence-electron chi connectivity index (χ0n) is 13.1. The van der Waals surface area contributed by atoms with Crippen molar-refractivity contribution in [1.82, 2.24) is 0 Å². The summed E-state index contributed by atoms with van der Waals surface area (Å²) >= 11 is 5.65.